The van der Waals surface area contributed by atoms with Crippen molar-refractivity contribution in [3.63, 3.8) is 0 Å². The number of rotatable bonds is 4. The highest BCUT2D eigenvalue weighted by Gasteiger charge is 2.69. The number of anilines is 1. The number of H-pyrrole nitrogens is 1. The second kappa shape index (κ2) is 10.1. The van der Waals surface area contributed by atoms with Crippen LogP contribution in [-0.4, -0.2) is 39.4 Å². The van der Waals surface area contributed by atoms with E-state index >= 15 is 0 Å². The number of likely N-dealkylation sites (tertiary alicyclic amines) is 1. The molecule has 7 nitrogen and oxygen atoms in total. The van der Waals surface area contributed by atoms with E-state index in [0.29, 0.717) is 0 Å². The van der Waals surface area contributed by atoms with E-state index in [4.69, 9.17) is 0 Å². The lowest BCUT2D eigenvalue weighted by molar-refractivity contribution is -0.143. The zero-order chi connectivity index (χ0) is 31.3. The molecule has 3 aromatic rings. The molecule has 4 aliphatic rings. The molecular formula is C32H30F3N3O4S2. The largest absolute Gasteiger partial charge is 0.416 e. The summed E-state index contributed by atoms with van der Waals surface area (Å²) in [6.07, 6.45) is -3.86. The number of aromatic amines is 1. The number of carbonyl (C=O) groups excluding carboxylic acids is 3. The molecule has 2 saturated carbocycles. The molecule has 0 spiro atoms. The second-order valence-corrected chi connectivity index (χ2v) is 15.4. The van der Waals surface area contributed by atoms with Crippen LogP contribution in [0.5, 0.6) is 0 Å². The van der Waals surface area contributed by atoms with Gasteiger partial charge >= 0.3 is 11.0 Å². The molecular weight excluding hydrogens is 611 g/mol. The van der Waals surface area contributed by atoms with Gasteiger partial charge in [-0.1, -0.05) is 62.4 Å². The Morgan fingerprint density at radius 1 is 0.977 bits per heavy atom. The van der Waals surface area contributed by atoms with Gasteiger partial charge in [0.05, 0.1) is 22.4 Å². The number of fused-ring (bicyclic) bond motifs is 9. The topological polar surface area (TPSA) is 99.3 Å². The van der Waals surface area contributed by atoms with Crippen LogP contribution in [0.4, 0.5) is 18.9 Å². The first-order chi connectivity index (χ1) is 20.7. The highest BCUT2D eigenvalue weighted by molar-refractivity contribution is 8.00. The van der Waals surface area contributed by atoms with E-state index in [1.54, 1.807) is 11.8 Å². The highest BCUT2D eigenvalue weighted by atomic mass is 32.2. The molecule has 230 valence electrons. The molecule has 2 aromatic carbocycles. The van der Waals surface area contributed by atoms with Crippen LogP contribution < -0.4 is 10.2 Å². The number of halogens is 3. The maximum atomic E-state index is 13.8. The number of thiazole rings is 1. The summed E-state index contributed by atoms with van der Waals surface area (Å²) < 4.78 is 39.4. The van der Waals surface area contributed by atoms with Gasteiger partial charge in [-0.3, -0.25) is 24.1 Å². The Balaban J connectivity index is 1.16. The van der Waals surface area contributed by atoms with Crippen molar-refractivity contribution in [1.29, 1.82) is 0 Å². The van der Waals surface area contributed by atoms with Crippen molar-refractivity contribution in [3.05, 3.63) is 79.8 Å². The summed E-state index contributed by atoms with van der Waals surface area (Å²) in [5.74, 6) is -2.93. The van der Waals surface area contributed by atoms with Gasteiger partial charge in [0.2, 0.25) is 17.7 Å². The monoisotopic (exact) mass is 641 g/mol. The predicted octanol–water partition coefficient (Wildman–Crippen LogP) is 5.86. The maximum Gasteiger partial charge on any atom is 0.416 e. The number of benzene rings is 2. The van der Waals surface area contributed by atoms with Gasteiger partial charge in [-0.2, -0.15) is 13.2 Å². The van der Waals surface area contributed by atoms with E-state index < -0.39 is 47.8 Å². The standard InChI is InChI=1S/C32H30F3N3O4S2/c1-31(2,3)15-9-7-14(8-10-15)21-22-18-12-19(25(22)43-27-26(21)44-30(42)37-27)24-23(18)28(40)38(29(24)41)13-20(39)36-17-6-4-5-16(11-17)32(33,34)35/h4-11,18-19,21-25H,12-13H2,1-3H3,(H,36,39)(H,37,42)/t18?,19?,21-,22?,23?,24?,25?/m1/s1. The molecule has 2 bridgehead atoms. The smallest absolute Gasteiger partial charge is 0.325 e. The van der Waals surface area contributed by atoms with E-state index in [0.717, 1.165) is 38.9 Å². The molecule has 3 amide bonds. The van der Waals surface area contributed by atoms with Crippen LogP contribution in [0.25, 0.3) is 0 Å². The normalized spacial score (nSPS) is 29.0. The van der Waals surface area contributed by atoms with Crippen LogP contribution >= 0.6 is 23.1 Å². The lowest BCUT2D eigenvalue weighted by atomic mass is 9.68. The van der Waals surface area contributed by atoms with Gasteiger partial charge in [0.1, 0.15) is 6.54 Å². The van der Waals surface area contributed by atoms with Crippen LogP contribution in [0.1, 0.15) is 54.7 Å². The van der Waals surface area contributed by atoms with Crippen molar-refractivity contribution < 1.29 is 27.6 Å². The summed E-state index contributed by atoms with van der Waals surface area (Å²) in [5, 5.41) is 3.25. The van der Waals surface area contributed by atoms with E-state index in [1.807, 2.05) is 0 Å². The lowest BCUT2D eigenvalue weighted by Crippen LogP contribution is -2.42. The first kappa shape index (κ1) is 29.3. The number of nitrogens with one attached hydrogen (secondary N) is 2. The average Bonchev–Trinajstić information content (AvgIpc) is 3.68. The summed E-state index contributed by atoms with van der Waals surface area (Å²) in [7, 11) is 0. The SMILES string of the molecule is CC(C)(C)c1ccc([C@H]2c3sc(=O)[nH]c3SC3C4CC(C5C(=O)N(CC(=O)Nc6cccc(C(F)(F)F)c6)C(=O)C45)C32)cc1. The Bertz CT molecular complexity index is 1740. The maximum absolute atomic E-state index is 13.8. The third kappa shape index (κ3) is 4.63. The van der Waals surface area contributed by atoms with Crippen LogP contribution in [0, 0.1) is 29.6 Å². The van der Waals surface area contributed by atoms with Crippen molar-refractivity contribution >= 4 is 46.5 Å². The molecule has 7 atom stereocenters. The molecule has 1 aromatic heterocycles. The van der Waals surface area contributed by atoms with Crippen molar-refractivity contribution in [2.24, 2.45) is 29.6 Å². The average molecular weight is 642 g/mol. The summed E-state index contributed by atoms with van der Waals surface area (Å²) in [6, 6.07) is 12.7. The molecule has 2 aliphatic carbocycles. The molecule has 6 unspecified atom stereocenters. The molecule has 1 saturated heterocycles. The molecule has 2 aliphatic heterocycles. The third-order valence-corrected chi connectivity index (χ3v) is 12.3. The number of carbonyl (C=O) groups is 3. The second-order valence-electron chi connectivity index (χ2n) is 13.2. The van der Waals surface area contributed by atoms with Gasteiger partial charge < -0.3 is 10.3 Å². The molecule has 3 fully saturated rings. The third-order valence-electron chi connectivity index (χ3n) is 9.73. The van der Waals surface area contributed by atoms with Gasteiger partial charge in [0.15, 0.2) is 0 Å². The molecule has 7 rings (SSSR count). The van der Waals surface area contributed by atoms with Crippen LogP contribution in [0.3, 0.4) is 0 Å². The summed E-state index contributed by atoms with van der Waals surface area (Å²) in [4.78, 5) is 57.7. The number of imide groups is 1. The molecule has 12 heteroatoms. The molecule has 2 N–H and O–H groups in total. The van der Waals surface area contributed by atoms with Gasteiger partial charge in [0.25, 0.3) is 0 Å². The minimum Gasteiger partial charge on any atom is -0.325 e. The van der Waals surface area contributed by atoms with E-state index in [1.165, 1.54) is 29.0 Å². The van der Waals surface area contributed by atoms with Crippen LogP contribution in [-0.2, 0) is 26.0 Å². The lowest BCUT2D eigenvalue weighted by Gasteiger charge is -2.43. The van der Waals surface area contributed by atoms with Gasteiger partial charge in [0, 0.05) is 21.7 Å². The van der Waals surface area contributed by atoms with Crippen molar-refractivity contribution in [2.45, 2.75) is 55.0 Å². The van der Waals surface area contributed by atoms with Gasteiger partial charge in [-0.25, -0.2) is 0 Å². The Labute approximate surface area is 259 Å². The minimum atomic E-state index is -4.57. The number of alkyl halides is 3. The first-order valence-electron chi connectivity index (χ1n) is 14.5. The Morgan fingerprint density at radius 2 is 1.66 bits per heavy atom. The zero-order valence-corrected chi connectivity index (χ0v) is 25.7. The summed E-state index contributed by atoms with van der Waals surface area (Å²) in [5.41, 5.74) is 1.26. The van der Waals surface area contributed by atoms with Gasteiger partial charge in [-0.15, -0.1) is 11.8 Å². The van der Waals surface area contributed by atoms with E-state index in [-0.39, 0.29) is 44.9 Å². The fraction of sp³-hybridized carbons (Fsp3) is 0.438. The van der Waals surface area contributed by atoms with Crippen molar-refractivity contribution in [1.82, 2.24) is 9.88 Å². The zero-order valence-electron chi connectivity index (χ0n) is 24.1. The number of thioether (sulfide) groups is 1. The fourth-order valence-electron chi connectivity index (χ4n) is 7.92. The number of hydrogen-bond acceptors (Lipinski definition) is 6. The van der Waals surface area contributed by atoms with Crippen LogP contribution in [0.15, 0.2) is 58.4 Å². The Kier molecular flexibility index (Phi) is 6.71. The number of aromatic nitrogens is 1. The predicted molar refractivity (Wildman–Crippen MR) is 160 cm³/mol. The summed E-state index contributed by atoms with van der Waals surface area (Å²) >= 11 is 2.79. The Morgan fingerprint density at radius 3 is 2.32 bits per heavy atom. The number of nitrogens with zero attached hydrogens (tertiary/aromatic N) is 1. The highest BCUT2D eigenvalue weighted by Crippen LogP contribution is 2.68. The van der Waals surface area contributed by atoms with Crippen molar-refractivity contribution in [2.75, 3.05) is 11.9 Å². The van der Waals surface area contributed by atoms with E-state index in [2.05, 4.69) is 55.3 Å². The molecule has 3 heterocycles. The molecule has 0 radical (unpaired) electrons. The molecule has 44 heavy (non-hydrogen) atoms. The summed E-state index contributed by atoms with van der Waals surface area (Å²) in [6.45, 7) is 5.89. The van der Waals surface area contributed by atoms with Crippen LogP contribution in [0.2, 0.25) is 0 Å². The van der Waals surface area contributed by atoms with E-state index in [9.17, 15) is 32.3 Å². The fourth-order valence-corrected chi connectivity index (χ4v) is 10.8. The van der Waals surface area contributed by atoms with Gasteiger partial charge in [-0.05, 0) is 58.9 Å². The first-order valence-corrected chi connectivity index (χ1v) is 16.2. The number of amides is 3. The minimum absolute atomic E-state index is 0.0157. The van der Waals surface area contributed by atoms with Crippen molar-refractivity contribution in [3.8, 4) is 0 Å². The number of hydrogen-bond donors (Lipinski definition) is 2. The quantitative estimate of drug-likeness (QED) is 0.348. The Hall–Kier alpha value is -3.38.